The molecule has 1 aromatic heterocycles. The number of likely N-dealkylation sites (tertiary alicyclic amines) is 1. The van der Waals surface area contributed by atoms with Crippen LogP contribution in [0.5, 0.6) is 0 Å². The zero-order chi connectivity index (χ0) is 20.4. The second-order valence-corrected chi connectivity index (χ2v) is 8.72. The molecule has 158 valence electrons. The zero-order valence-electron chi connectivity index (χ0n) is 17.9. The molecule has 2 aliphatic rings. The van der Waals surface area contributed by atoms with Crippen molar-refractivity contribution in [1.29, 1.82) is 0 Å². The molecule has 0 unspecified atom stereocenters. The molecule has 0 bridgehead atoms. The summed E-state index contributed by atoms with van der Waals surface area (Å²) in [6, 6.07) is 10.8. The number of benzene rings is 1. The maximum atomic E-state index is 11.2. The quantitative estimate of drug-likeness (QED) is 0.701. The first kappa shape index (κ1) is 20.5. The fourth-order valence-corrected chi connectivity index (χ4v) is 5.45. The van der Waals surface area contributed by atoms with Crippen LogP contribution in [0, 0.1) is 11.3 Å². The minimum atomic E-state index is -0.300. The number of aliphatic hydroxyl groups is 1. The zero-order valence-corrected chi connectivity index (χ0v) is 17.9. The van der Waals surface area contributed by atoms with Gasteiger partial charge in [-0.05, 0) is 31.4 Å². The standard InChI is InChI=1S/C23H34N4O2/c1-4-27-17-24-12-19(27)13-26-15-21(28)23(16-26)20(14-25(2)10-11-29-3)22(23)18-8-6-5-7-9-18/h5-9,12,17,20-22,28H,4,10-11,13-16H2,1-3H3/t20-,21-,22-,23-/m1/s1. The lowest BCUT2D eigenvalue weighted by molar-refractivity contribution is 0.112. The number of aromatic nitrogens is 2. The van der Waals surface area contributed by atoms with Gasteiger partial charge >= 0.3 is 0 Å². The fourth-order valence-electron chi connectivity index (χ4n) is 5.45. The summed E-state index contributed by atoms with van der Waals surface area (Å²) in [5.41, 5.74) is 2.53. The highest BCUT2D eigenvalue weighted by atomic mass is 16.5. The van der Waals surface area contributed by atoms with Crippen molar-refractivity contribution < 1.29 is 9.84 Å². The normalized spacial score (nSPS) is 29.2. The van der Waals surface area contributed by atoms with Gasteiger partial charge in [-0.2, -0.15) is 0 Å². The van der Waals surface area contributed by atoms with Gasteiger partial charge in [-0.1, -0.05) is 30.3 Å². The summed E-state index contributed by atoms with van der Waals surface area (Å²) in [6.45, 7) is 8.23. The van der Waals surface area contributed by atoms with Crippen LogP contribution < -0.4 is 0 Å². The Hall–Kier alpha value is -1.73. The van der Waals surface area contributed by atoms with Crippen molar-refractivity contribution in [2.75, 3.05) is 46.9 Å². The number of aliphatic hydroxyl groups excluding tert-OH is 1. The molecule has 6 nitrogen and oxygen atoms in total. The molecule has 1 aliphatic heterocycles. The lowest BCUT2D eigenvalue weighted by Crippen LogP contribution is -2.29. The summed E-state index contributed by atoms with van der Waals surface area (Å²) in [4.78, 5) is 9.07. The number of imidazole rings is 1. The van der Waals surface area contributed by atoms with Crippen molar-refractivity contribution in [3.8, 4) is 0 Å². The molecule has 1 N–H and O–H groups in total. The largest absolute Gasteiger partial charge is 0.391 e. The highest BCUT2D eigenvalue weighted by Gasteiger charge is 2.71. The molecule has 1 spiro atoms. The molecular weight excluding hydrogens is 364 g/mol. The third-order valence-electron chi connectivity index (χ3n) is 6.98. The van der Waals surface area contributed by atoms with Gasteiger partial charge in [0.1, 0.15) is 0 Å². The van der Waals surface area contributed by atoms with E-state index in [1.54, 1.807) is 7.11 Å². The molecule has 1 aromatic carbocycles. The Labute approximate surface area is 174 Å². The van der Waals surface area contributed by atoms with Gasteiger partial charge in [0.25, 0.3) is 0 Å². The predicted octanol–water partition coefficient (Wildman–Crippen LogP) is 2.06. The highest BCUT2D eigenvalue weighted by Crippen LogP contribution is 2.69. The molecule has 1 saturated heterocycles. The summed E-state index contributed by atoms with van der Waals surface area (Å²) in [5, 5.41) is 11.2. The number of methoxy groups -OCH3 is 1. The van der Waals surface area contributed by atoms with Crippen molar-refractivity contribution in [2.24, 2.45) is 11.3 Å². The van der Waals surface area contributed by atoms with Crippen molar-refractivity contribution in [1.82, 2.24) is 19.4 Å². The second-order valence-electron chi connectivity index (χ2n) is 8.72. The number of hydrogen-bond donors (Lipinski definition) is 1. The number of rotatable bonds is 9. The van der Waals surface area contributed by atoms with E-state index in [0.717, 1.165) is 45.9 Å². The van der Waals surface area contributed by atoms with Crippen molar-refractivity contribution in [3.63, 3.8) is 0 Å². The van der Waals surface area contributed by atoms with Gasteiger partial charge in [0, 0.05) is 58.0 Å². The van der Waals surface area contributed by atoms with E-state index in [9.17, 15) is 5.11 Å². The lowest BCUT2D eigenvalue weighted by Gasteiger charge is -2.20. The van der Waals surface area contributed by atoms with E-state index < -0.39 is 0 Å². The molecule has 1 aliphatic carbocycles. The van der Waals surface area contributed by atoms with Crippen LogP contribution in [0.1, 0.15) is 24.1 Å². The number of hydrogen-bond acceptors (Lipinski definition) is 5. The average molecular weight is 399 g/mol. The maximum absolute atomic E-state index is 11.2. The van der Waals surface area contributed by atoms with Crippen LogP contribution in [-0.2, 0) is 17.8 Å². The highest BCUT2D eigenvalue weighted by molar-refractivity contribution is 5.36. The summed E-state index contributed by atoms with van der Waals surface area (Å²) in [6.07, 6.45) is 3.56. The maximum Gasteiger partial charge on any atom is 0.0948 e. The van der Waals surface area contributed by atoms with E-state index in [1.165, 1.54) is 11.3 Å². The SMILES string of the molecule is CCn1cncc1CN1C[C@@H](O)[C@@]2(C1)[C@H](CN(C)CCOC)[C@H]2c1ccccc1. The molecule has 0 amide bonds. The number of likely N-dealkylation sites (N-methyl/N-ethyl adjacent to an activating group) is 1. The van der Waals surface area contributed by atoms with Gasteiger partial charge in [-0.25, -0.2) is 4.98 Å². The first-order chi connectivity index (χ1) is 14.1. The molecule has 2 aromatic rings. The van der Waals surface area contributed by atoms with E-state index in [2.05, 4.69) is 63.7 Å². The molecule has 6 heteroatoms. The van der Waals surface area contributed by atoms with Crippen molar-refractivity contribution in [3.05, 3.63) is 54.1 Å². The van der Waals surface area contributed by atoms with E-state index in [-0.39, 0.29) is 11.5 Å². The van der Waals surface area contributed by atoms with E-state index in [0.29, 0.717) is 11.8 Å². The Kier molecular flexibility index (Phi) is 6.06. The Morgan fingerprint density at radius 3 is 2.83 bits per heavy atom. The van der Waals surface area contributed by atoms with E-state index in [4.69, 9.17) is 4.74 Å². The smallest absolute Gasteiger partial charge is 0.0948 e. The summed E-state index contributed by atoms with van der Waals surface area (Å²) in [7, 11) is 3.91. The van der Waals surface area contributed by atoms with Crippen LogP contribution in [0.3, 0.4) is 0 Å². The van der Waals surface area contributed by atoms with Crippen LogP contribution in [0.4, 0.5) is 0 Å². The van der Waals surface area contributed by atoms with Crippen LogP contribution in [0.25, 0.3) is 0 Å². The van der Waals surface area contributed by atoms with Crippen LogP contribution >= 0.6 is 0 Å². The first-order valence-corrected chi connectivity index (χ1v) is 10.7. The number of β-amino-alcohol motifs (C(OH)–C–C–N with tert-alkyl or cyclic N) is 1. The Balaban J connectivity index is 1.52. The predicted molar refractivity (Wildman–Crippen MR) is 114 cm³/mol. The molecule has 4 atom stereocenters. The summed E-state index contributed by atoms with van der Waals surface area (Å²) >= 11 is 0. The number of nitrogens with zero attached hydrogens (tertiary/aromatic N) is 4. The van der Waals surface area contributed by atoms with Crippen LogP contribution in [0.2, 0.25) is 0 Å². The lowest BCUT2D eigenvalue weighted by atomic mass is 9.95. The number of ether oxygens (including phenoxy) is 1. The minimum Gasteiger partial charge on any atom is -0.391 e. The first-order valence-electron chi connectivity index (χ1n) is 10.7. The minimum absolute atomic E-state index is 0.0558. The Morgan fingerprint density at radius 2 is 2.10 bits per heavy atom. The molecule has 2 fully saturated rings. The molecule has 29 heavy (non-hydrogen) atoms. The fraction of sp³-hybridized carbons (Fsp3) is 0.609. The molecule has 2 heterocycles. The molecule has 4 rings (SSSR count). The Bertz CT molecular complexity index is 795. The number of aryl methyl sites for hydroxylation is 1. The van der Waals surface area contributed by atoms with Gasteiger partial charge in [-0.15, -0.1) is 0 Å². The van der Waals surface area contributed by atoms with E-state index >= 15 is 0 Å². The van der Waals surface area contributed by atoms with Crippen LogP contribution in [0.15, 0.2) is 42.9 Å². The molecular formula is C23H34N4O2. The summed E-state index contributed by atoms with van der Waals surface area (Å²) < 4.78 is 7.44. The monoisotopic (exact) mass is 398 g/mol. The third-order valence-corrected chi connectivity index (χ3v) is 6.98. The molecule has 1 saturated carbocycles. The average Bonchev–Trinajstić information content (AvgIpc) is 3.00. The second kappa shape index (κ2) is 8.56. The van der Waals surface area contributed by atoms with Gasteiger partial charge in [-0.3, -0.25) is 4.90 Å². The van der Waals surface area contributed by atoms with Gasteiger partial charge in [0.05, 0.1) is 24.7 Å². The Morgan fingerprint density at radius 1 is 1.31 bits per heavy atom. The van der Waals surface area contributed by atoms with Gasteiger partial charge in [0.15, 0.2) is 0 Å². The summed E-state index contributed by atoms with van der Waals surface area (Å²) in [5.74, 6) is 0.868. The van der Waals surface area contributed by atoms with Gasteiger partial charge in [0.2, 0.25) is 0 Å². The van der Waals surface area contributed by atoms with Gasteiger partial charge < -0.3 is 19.3 Å². The van der Waals surface area contributed by atoms with Crippen LogP contribution in [-0.4, -0.2) is 77.5 Å². The van der Waals surface area contributed by atoms with Crippen molar-refractivity contribution >= 4 is 0 Å². The molecule has 0 radical (unpaired) electrons. The topological polar surface area (TPSA) is 53.8 Å². The van der Waals surface area contributed by atoms with E-state index in [1.807, 2.05) is 12.5 Å². The third kappa shape index (κ3) is 3.87. The van der Waals surface area contributed by atoms with Crippen molar-refractivity contribution in [2.45, 2.75) is 32.0 Å².